The van der Waals surface area contributed by atoms with Crippen molar-refractivity contribution in [1.29, 1.82) is 0 Å². The fourth-order valence-corrected chi connectivity index (χ4v) is 1.19. The standard InChI is InChI=1S/C12H15NO2/c1-12(2,13)10-6-3-9(4-7-10)5-8-11(14)15/h3-8H,13H2,1-2H3,(H,14,15)/b8-5+. The predicted molar refractivity (Wildman–Crippen MR) is 60.3 cm³/mol. The molecular weight excluding hydrogens is 190 g/mol. The van der Waals surface area contributed by atoms with Gasteiger partial charge in [-0.2, -0.15) is 0 Å². The van der Waals surface area contributed by atoms with Gasteiger partial charge in [0.1, 0.15) is 0 Å². The number of nitrogens with two attached hydrogens (primary N) is 1. The first-order valence-corrected chi connectivity index (χ1v) is 4.70. The Morgan fingerprint density at radius 1 is 1.33 bits per heavy atom. The molecule has 3 heteroatoms. The van der Waals surface area contributed by atoms with Crippen molar-refractivity contribution >= 4 is 12.0 Å². The molecule has 0 spiro atoms. The Morgan fingerprint density at radius 2 is 1.87 bits per heavy atom. The molecule has 0 bridgehead atoms. The normalized spacial score (nSPS) is 11.9. The van der Waals surface area contributed by atoms with E-state index in [1.165, 1.54) is 0 Å². The number of carbonyl (C=O) groups is 1. The fourth-order valence-electron chi connectivity index (χ4n) is 1.19. The summed E-state index contributed by atoms with van der Waals surface area (Å²) in [6.45, 7) is 3.85. The minimum absolute atomic E-state index is 0.366. The number of carboxylic acids is 1. The van der Waals surface area contributed by atoms with Crippen molar-refractivity contribution in [2.45, 2.75) is 19.4 Å². The third kappa shape index (κ3) is 3.56. The smallest absolute Gasteiger partial charge is 0.328 e. The Hall–Kier alpha value is -1.61. The molecule has 0 amide bonds. The Labute approximate surface area is 89.2 Å². The molecule has 0 aliphatic rings. The summed E-state index contributed by atoms with van der Waals surface area (Å²) >= 11 is 0. The highest BCUT2D eigenvalue weighted by atomic mass is 16.4. The summed E-state index contributed by atoms with van der Waals surface area (Å²) in [5.41, 5.74) is 7.43. The first-order valence-electron chi connectivity index (χ1n) is 4.70. The second-order valence-corrected chi connectivity index (χ2v) is 4.02. The van der Waals surface area contributed by atoms with Gasteiger partial charge in [0.25, 0.3) is 0 Å². The molecule has 0 saturated heterocycles. The Balaban J connectivity index is 2.86. The van der Waals surface area contributed by atoms with Gasteiger partial charge in [-0.3, -0.25) is 0 Å². The fraction of sp³-hybridized carbons (Fsp3) is 0.250. The van der Waals surface area contributed by atoms with E-state index in [-0.39, 0.29) is 5.54 Å². The number of hydrogen-bond donors (Lipinski definition) is 2. The highest BCUT2D eigenvalue weighted by Gasteiger charge is 2.12. The summed E-state index contributed by atoms with van der Waals surface area (Å²) in [5.74, 6) is -0.946. The molecule has 3 N–H and O–H groups in total. The molecule has 0 aromatic heterocycles. The summed E-state index contributed by atoms with van der Waals surface area (Å²) < 4.78 is 0. The lowest BCUT2D eigenvalue weighted by atomic mass is 9.95. The monoisotopic (exact) mass is 205 g/mol. The first kappa shape index (κ1) is 11.5. The van der Waals surface area contributed by atoms with E-state index in [9.17, 15) is 4.79 Å². The van der Waals surface area contributed by atoms with Crippen LogP contribution in [-0.4, -0.2) is 11.1 Å². The number of hydrogen-bond acceptors (Lipinski definition) is 2. The molecule has 1 rings (SSSR count). The van der Waals surface area contributed by atoms with Crippen molar-refractivity contribution in [1.82, 2.24) is 0 Å². The second kappa shape index (κ2) is 4.28. The lowest BCUT2D eigenvalue weighted by Gasteiger charge is -2.18. The zero-order valence-corrected chi connectivity index (χ0v) is 8.90. The van der Waals surface area contributed by atoms with Crippen LogP contribution in [0.3, 0.4) is 0 Å². The van der Waals surface area contributed by atoms with Crippen LogP contribution in [0.1, 0.15) is 25.0 Å². The van der Waals surface area contributed by atoms with E-state index in [2.05, 4.69) is 0 Å². The van der Waals surface area contributed by atoms with Crippen LogP contribution in [-0.2, 0) is 10.3 Å². The minimum atomic E-state index is -0.946. The van der Waals surface area contributed by atoms with Gasteiger partial charge in [-0.25, -0.2) is 4.79 Å². The predicted octanol–water partition coefficient (Wildman–Crippen LogP) is 1.98. The lowest BCUT2D eigenvalue weighted by molar-refractivity contribution is -0.131. The molecule has 0 saturated carbocycles. The summed E-state index contributed by atoms with van der Waals surface area (Å²) in [6, 6.07) is 7.51. The van der Waals surface area contributed by atoms with Crippen LogP contribution < -0.4 is 5.73 Å². The van der Waals surface area contributed by atoms with Gasteiger partial charge in [0.2, 0.25) is 0 Å². The van der Waals surface area contributed by atoms with E-state index >= 15 is 0 Å². The summed E-state index contributed by atoms with van der Waals surface area (Å²) in [5, 5.41) is 8.45. The highest BCUT2D eigenvalue weighted by molar-refractivity contribution is 5.85. The largest absolute Gasteiger partial charge is 0.478 e. The molecule has 0 fully saturated rings. The van der Waals surface area contributed by atoms with Gasteiger partial charge in [0, 0.05) is 11.6 Å². The average Bonchev–Trinajstić information content (AvgIpc) is 2.14. The Kier molecular flexibility index (Phi) is 3.27. The van der Waals surface area contributed by atoms with Crippen molar-refractivity contribution < 1.29 is 9.90 Å². The maximum absolute atomic E-state index is 10.3. The molecular formula is C12H15NO2. The third-order valence-corrected chi connectivity index (χ3v) is 2.07. The molecule has 1 aromatic rings. The molecule has 0 atom stereocenters. The van der Waals surface area contributed by atoms with Crippen molar-refractivity contribution in [2.75, 3.05) is 0 Å². The second-order valence-electron chi connectivity index (χ2n) is 4.02. The number of carboxylic acid groups (broad SMARTS) is 1. The maximum Gasteiger partial charge on any atom is 0.328 e. The number of aliphatic carboxylic acids is 1. The van der Waals surface area contributed by atoms with Gasteiger partial charge in [0.15, 0.2) is 0 Å². The van der Waals surface area contributed by atoms with Gasteiger partial charge in [-0.05, 0) is 31.1 Å². The molecule has 3 nitrogen and oxygen atoms in total. The lowest BCUT2D eigenvalue weighted by Crippen LogP contribution is -2.28. The van der Waals surface area contributed by atoms with Crippen molar-refractivity contribution in [3.05, 3.63) is 41.5 Å². The molecule has 0 heterocycles. The third-order valence-electron chi connectivity index (χ3n) is 2.07. The van der Waals surface area contributed by atoms with Gasteiger partial charge in [0.05, 0.1) is 0 Å². The van der Waals surface area contributed by atoms with E-state index < -0.39 is 5.97 Å². The summed E-state index contributed by atoms with van der Waals surface area (Å²) in [6.07, 6.45) is 2.66. The van der Waals surface area contributed by atoms with Crippen LogP contribution in [0.2, 0.25) is 0 Å². The molecule has 0 unspecified atom stereocenters. The maximum atomic E-state index is 10.3. The molecule has 15 heavy (non-hydrogen) atoms. The number of rotatable bonds is 3. The van der Waals surface area contributed by atoms with Crippen molar-refractivity contribution in [3.8, 4) is 0 Å². The first-order chi connectivity index (χ1) is 6.89. The van der Waals surface area contributed by atoms with Crippen LogP contribution in [0.4, 0.5) is 0 Å². The van der Waals surface area contributed by atoms with Crippen molar-refractivity contribution in [2.24, 2.45) is 5.73 Å². The van der Waals surface area contributed by atoms with E-state index in [0.717, 1.165) is 17.2 Å². The molecule has 80 valence electrons. The van der Waals surface area contributed by atoms with E-state index in [0.29, 0.717) is 0 Å². The van der Waals surface area contributed by atoms with E-state index in [4.69, 9.17) is 10.8 Å². The van der Waals surface area contributed by atoms with Gasteiger partial charge in [-0.15, -0.1) is 0 Å². The van der Waals surface area contributed by atoms with Crippen molar-refractivity contribution in [3.63, 3.8) is 0 Å². The van der Waals surface area contributed by atoms with Crippen LogP contribution >= 0.6 is 0 Å². The zero-order valence-electron chi connectivity index (χ0n) is 8.90. The van der Waals surface area contributed by atoms with Gasteiger partial charge < -0.3 is 10.8 Å². The van der Waals surface area contributed by atoms with Crippen LogP contribution in [0.25, 0.3) is 6.08 Å². The van der Waals surface area contributed by atoms with Crippen LogP contribution in [0.15, 0.2) is 30.3 Å². The summed E-state index contributed by atoms with van der Waals surface area (Å²) in [4.78, 5) is 10.3. The van der Waals surface area contributed by atoms with Gasteiger partial charge in [-0.1, -0.05) is 24.3 Å². The minimum Gasteiger partial charge on any atom is -0.478 e. The van der Waals surface area contributed by atoms with Crippen LogP contribution in [0.5, 0.6) is 0 Å². The van der Waals surface area contributed by atoms with Gasteiger partial charge >= 0.3 is 5.97 Å². The van der Waals surface area contributed by atoms with E-state index in [1.54, 1.807) is 6.08 Å². The quantitative estimate of drug-likeness (QED) is 0.741. The summed E-state index contributed by atoms with van der Waals surface area (Å²) in [7, 11) is 0. The molecule has 1 aromatic carbocycles. The average molecular weight is 205 g/mol. The Morgan fingerprint density at radius 3 is 2.27 bits per heavy atom. The zero-order chi connectivity index (χ0) is 11.5. The highest BCUT2D eigenvalue weighted by Crippen LogP contribution is 2.17. The number of benzene rings is 1. The SMILES string of the molecule is CC(C)(N)c1ccc(/C=C/C(=O)O)cc1. The van der Waals surface area contributed by atoms with E-state index in [1.807, 2.05) is 38.1 Å². The molecule has 0 aliphatic heterocycles. The van der Waals surface area contributed by atoms with Crippen LogP contribution in [0, 0.1) is 0 Å². The Bertz CT molecular complexity index is 372. The molecule has 0 aliphatic carbocycles. The topological polar surface area (TPSA) is 63.3 Å². The molecule has 0 radical (unpaired) electrons.